The molecule has 0 aliphatic carbocycles. The lowest BCUT2D eigenvalue weighted by atomic mass is 10.3. The average Bonchev–Trinajstić information content (AvgIpc) is 1.63. The van der Waals surface area contributed by atoms with Gasteiger partial charge in [-0.05, 0) is 13.3 Å². The molecule has 0 heterocycles. The third-order valence-electron chi connectivity index (χ3n) is 0.483. The highest BCUT2D eigenvalue weighted by Gasteiger charge is 1.64. The summed E-state index contributed by atoms with van der Waals surface area (Å²) in [5.74, 6) is 0. The van der Waals surface area contributed by atoms with Crippen molar-refractivity contribution in [3.05, 3.63) is 12.1 Å². The van der Waals surface area contributed by atoms with Crippen LogP contribution >= 0.6 is 0 Å². The van der Waals surface area contributed by atoms with Gasteiger partial charge < -0.3 is 0 Å². The Balaban J connectivity index is 3.77. The fourth-order valence-electron chi connectivity index (χ4n) is 0.204. The predicted octanol–water partition coefficient (Wildman–Crippen LogP) is 2.36. The van der Waals surface area contributed by atoms with Crippen molar-refractivity contribution >= 4 is 0 Å². The fourth-order valence-corrected chi connectivity index (χ4v) is 0.204. The number of allylic oxidation sites excluding steroid dienone is 2. The van der Waals surface area contributed by atoms with Crippen LogP contribution in [0.15, 0.2) is 12.1 Å². The van der Waals surface area contributed by atoms with E-state index in [0.29, 0.717) is 6.42 Å². The van der Waals surface area contributed by atoms with Crippen LogP contribution in [0.3, 0.4) is 0 Å². The minimum Gasteiger partial charge on any atom is -0.0917 e. The number of hydrogen-bond acceptors (Lipinski definition) is 0. The summed E-state index contributed by atoms with van der Waals surface area (Å²) < 4.78 is 21.2. The first kappa shape index (κ1) is 2.15. The minimum absolute atomic E-state index is 0.252. The molecule has 0 amide bonds. The van der Waals surface area contributed by atoms with E-state index in [9.17, 15) is 0 Å². The highest BCUT2D eigenvalue weighted by molar-refractivity contribution is 4.75. The Labute approximate surface area is 44.1 Å². The first-order valence-electron chi connectivity index (χ1n) is 3.67. The Bertz CT molecular complexity index is 111. The molecule has 0 aromatic rings. The van der Waals surface area contributed by atoms with Crippen molar-refractivity contribution in [2.75, 3.05) is 0 Å². The molecule has 0 heteroatoms. The number of rotatable bonds is 2. The molecule has 0 saturated carbocycles. The maximum atomic E-state index is 7.13. The Morgan fingerprint density at radius 3 is 2.83 bits per heavy atom. The van der Waals surface area contributed by atoms with Crippen molar-refractivity contribution < 1.29 is 4.11 Å². The molecule has 1 unspecified atom stereocenters. The van der Waals surface area contributed by atoms with Gasteiger partial charge in [0.05, 0.1) is 2.74 Å². The van der Waals surface area contributed by atoms with Gasteiger partial charge in [-0.1, -0.05) is 25.4 Å². The third kappa shape index (κ3) is 3.74. The van der Waals surface area contributed by atoms with E-state index in [4.69, 9.17) is 4.11 Å². The van der Waals surface area contributed by atoms with E-state index in [2.05, 4.69) is 0 Å². The lowest BCUT2D eigenvalue weighted by Gasteiger charge is -1.76. The molecule has 0 bridgehead atoms. The third-order valence-corrected chi connectivity index (χ3v) is 0.483. The molecule has 0 saturated heterocycles. The second-order valence-corrected chi connectivity index (χ2v) is 1.04. The molecule has 0 aliphatic rings. The Morgan fingerprint density at radius 2 is 2.67 bits per heavy atom. The van der Waals surface area contributed by atoms with Gasteiger partial charge in [0.2, 0.25) is 0 Å². The molecule has 1 atom stereocenters. The fraction of sp³-hybridized carbons (Fsp3) is 0.667. The molecule has 6 heavy (non-hydrogen) atoms. The summed E-state index contributed by atoms with van der Waals surface area (Å²) in [6.45, 7) is 3.29. The largest absolute Gasteiger partial charge is 0.0917 e. The average molecular weight is 90.2 g/mol. The van der Waals surface area contributed by atoms with Gasteiger partial charge in [-0.2, -0.15) is 0 Å². The van der Waals surface area contributed by atoms with E-state index >= 15 is 0 Å². The molecule has 36 valence electrons. The predicted molar refractivity (Wildman–Crippen MR) is 29.7 cm³/mol. The van der Waals surface area contributed by atoms with Crippen LogP contribution in [0.4, 0.5) is 0 Å². The first-order chi connectivity index (χ1) is 4.04. The van der Waals surface area contributed by atoms with Gasteiger partial charge in [-0.25, -0.2) is 0 Å². The molecule has 0 aromatic heterocycles. The zero-order valence-electron chi connectivity index (χ0n) is 7.28. The molecular formula is C6H12. The zero-order valence-corrected chi connectivity index (χ0v) is 4.28. The molecule has 0 aliphatic heterocycles. The second kappa shape index (κ2) is 4.74. The number of hydrogen-bond donors (Lipinski definition) is 0. The smallest absolute Gasteiger partial charge is 0.0572 e. The van der Waals surface area contributed by atoms with Gasteiger partial charge in [0.25, 0.3) is 0 Å². The normalized spacial score (nSPS) is 26.0. The standard InChI is InChI=1S/C6H12/c1-3-5-6-4-2/h3,5H,4,6H2,1-2H3/i3T,4T,5T. The van der Waals surface area contributed by atoms with Crippen LogP contribution in [-0.2, 0) is 0 Å². The molecule has 0 fully saturated rings. The van der Waals surface area contributed by atoms with Crippen molar-refractivity contribution in [2.45, 2.75) is 26.7 Å². The summed E-state index contributed by atoms with van der Waals surface area (Å²) in [4.78, 5) is 0. The maximum Gasteiger partial charge on any atom is 0.0572 e. The van der Waals surface area contributed by atoms with E-state index in [1.807, 2.05) is 0 Å². The van der Waals surface area contributed by atoms with Crippen molar-refractivity contribution in [1.29, 1.82) is 0 Å². The van der Waals surface area contributed by atoms with Crippen molar-refractivity contribution in [1.82, 2.24) is 0 Å². The van der Waals surface area contributed by atoms with Crippen LogP contribution in [0, 0.1) is 0 Å². The van der Waals surface area contributed by atoms with Gasteiger partial charge in [-0.3, -0.25) is 0 Å². The van der Waals surface area contributed by atoms with Crippen LogP contribution in [-0.4, -0.2) is 0 Å². The Morgan fingerprint density at radius 1 is 2.00 bits per heavy atom. The van der Waals surface area contributed by atoms with Gasteiger partial charge in [-0.15, -0.1) is 0 Å². The lowest BCUT2D eigenvalue weighted by molar-refractivity contribution is 0.957. The SMILES string of the molecule is [3H]C(C)=C([3H])CC([3H])C. The van der Waals surface area contributed by atoms with Gasteiger partial charge >= 0.3 is 0 Å². The van der Waals surface area contributed by atoms with Crippen LogP contribution in [0.2, 0.25) is 0 Å². The molecule has 0 spiro atoms. The second-order valence-electron chi connectivity index (χ2n) is 1.04. The van der Waals surface area contributed by atoms with Gasteiger partial charge in [0.1, 0.15) is 0 Å². The monoisotopic (exact) mass is 90.1 g/mol. The molecular weight excluding hydrogens is 72.1 g/mol. The molecule has 0 rings (SSSR count). The van der Waals surface area contributed by atoms with Crippen molar-refractivity contribution in [2.24, 2.45) is 0 Å². The van der Waals surface area contributed by atoms with E-state index < -0.39 is 0 Å². The highest BCUT2D eigenvalue weighted by Crippen LogP contribution is 1.85. The Kier molecular flexibility index (Phi) is 1.70. The van der Waals surface area contributed by atoms with E-state index in [1.54, 1.807) is 13.8 Å². The van der Waals surface area contributed by atoms with E-state index in [1.165, 1.54) is 0 Å². The van der Waals surface area contributed by atoms with Crippen molar-refractivity contribution in [3.63, 3.8) is 0 Å². The summed E-state index contributed by atoms with van der Waals surface area (Å²) in [5, 5.41) is 0. The molecule has 0 radical (unpaired) electrons. The highest BCUT2D eigenvalue weighted by atomic mass is 13.7. The first-order valence-corrected chi connectivity index (χ1v) is 2.09. The zero-order chi connectivity index (χ0) is 7.44. The minimum atomic E-state index is -0.252. The Hall–Kier alpha value is -0.260. The molecule has 0 nitrogen and oxygen atoms in total. The molecule has 0 aromatic carbocycles. The van der Waals surface area contributed by atoms with Crippen LogP contribution < -0.4 is 0 Å². The van der Waals surface area contributed by atoms with Crippen LogP contribution in [0.5, 0.6) is 0 Å². The van der Waals surface area contributed by atoms with Crippen molar-refractivity contribution in [3.8, 4) is 0 Å². The summed E-state index contributed by atoms with van der Waals surface area (Å²) >= 11 is 0. The van der Waals surface area contributed by atoms with Gasteiger partial charge in [0.15, 0.2) is 0 Å². The van der Waals surface area contributed by atoms with E-state index in [0.717, 1.165) is 0 Å². The van der Waals surface area contributed by atoms with Gasteiger partial charge in [0, 0.05) is 1.37 Å². The topological polar surface area (TPSA) is 0 Å². The van der Waals surface area contributed by atoms with Crippen LogP contribution in [0.25, 0.3) is 0 Å². The summed E-state index contributed by atoms with van der Waals surface area (Å²) in [6, 6.07) is 0.548. The van der Waals surface area contributed by atoms with Crippen LogP contribution in [0.1, 0.15) is 30.8 Å². The quantitative estimate of drug-likeness (QED) is 0.456. The van der Waals surface area contributed by atoms with E-state index in [-0.39, 0.29) is 18.5 Å². The summed E-state index contributed by atoms with van der Waals surface area (Å²) in [7, 11) is 0. The molecule has 0 N–H and O–H groups in total. The summed E-state index contributed by atoms with van der Waals surface area (Å²) in [6.07, 6.45) is 0.146. The lowest BCUT2D eigenvalue weighted by Crippen LogP contribution is -1.55. The maximum absolute atomic E-state index is 7.13. The summed E-state index contributed by atoms with van der Waals surface area (Å²) in [5.41, 5.74) is 0.